The highest BCUT2D eigenvalue weighted by molar-refractivity contribution is 5.98. The maximum absolute atomic E-state index is 12.7. The summed E-state index contributed by atoms with van der Waals surface area (Å²) < 4.78 is 0. The molecule has 0 aliphatic carbocycles. The molecule has 0 fully saturated rings. The molecule has 0 saturated carbocycles. The lowest BCUT2D eigenvalue weighted by Crippen LogP contribution is -2.25. The Labute approximate surface area is 128 Å². The molecule has 0 saturated heterocycles. The van der Waals surface area contributed by atoms with Crippen LogP contribution in [-0.2, 0) is 13.1 Å². The number of carbonyl (C=O) groups is 1. The fraction of sp³-hybridized carbons (Fsp3) is 0.167. The minimum atomic E-state index is 0.0446. The third kappa shape index (κ3) is 2.04. The van der Waals surface area contributed by atoms with E-state index in [0.717, 1.165) is 27.7 Å². The van der Waals surface area contributed by atoms with E-state index in [1.54, 1.807) is 12.4 Å². The van der Waals surface area contributed by atoms with Crippen molar-refractivity contribution in [2.45, 2.75) is 20.0 Å². The number of aryl methyl sites for hydroxylation is 1. The summed E-state index contributed by atoms with van der Waals surface area (Å²) in [6.07, 6.45) is 3.57. The van der Waals surface area contributed by atoms with Crippen LogP contribution in [0.5, 0.6) is 0 Å². The largest absolute Gasteiger partial charge is 0.328 e. The molecule has 2 aromatic heterocycles. The Kier molecular flexibility index (Phi) is 2.89. The maximum Gasteiger partial charge on any atom is 0.254 e. The number of carbonyl (C=O) groups excluding carboxylic acids is 1. The molecule has 4 heteroatoms. The van der Waals surface area contributed by atoms with E-state index in [9.17, 15) is 4.79 Å². The predicted molar refractivity (Wildman–Crippen MR) is 84.3 cm³/mol. The zero-order valence-corrected chi connectivity index (χ0v) is 12.3. The number of fused-ring (bicyclic) bond motifs is 2. The van der Waals surface area contributed by atoms with Crippen LogP contribution >= 0.6 is 0 Å². The molecule has 1 aliphatic rings. The van der Waals surface area contributed by atoms with Crippen LogP contribution in [0.3, 0.4) is 0 Å². The van der Waals surface area contributed by atoms with Gasteiger partial charge in [0.25, 0.3) is 5.91 Å². The van der Waals surface area contributed by atoms with Crippen molar-refractivity contribution in [3.05, 3.63) is 71.2 Å². The van der Waals surface area contributed by atoms with Crippen molar-refractivity contribution in [1.29, 1.82) is 0 Å². The highest BCUT2D eigenvalue weighted by atomic mass is 16.2. The van der Waals surface area contributed by atoms with E-state index >= 15 is 0 Å². The first-order valence-electron chi connectivity index (χ1n) is 7.30. The first-order chi connectivity index (χ1) is 10.7. The third-order valence-electron chi connectivity index (χ3n) is 4.18. The van der Waals surface area contributed by atoms with Crippen LogP contribution < -0.4 is 0 Å². The summed E-state index contributed by atoms with van der Waals surface area (Å²) >= 11 is 0. The molecule has 0 radical (unpaired) electrons. The SMILES string of the molecule is Cc1ccnc2ccc(C(=O)N3Cc4cccnc4C3)cc12. The summed E-state index contributed by atoms with van der Waals surface area (Å²) in [4.78, 5) is 23.3. The van der Waals surface area contributed by atoms with Crippen LogP contribution in [0.4, 0.5) is 0 Å². The molecule has 0 unspecified atom stereocenters. The van der Waals surface area contributed by atoms with Crippen molar-refractivity contribution >= 4 is 16.8 Å². The average molecular weight is 289 g/mol. The second-order valence-corrected chi connectivity index (χ2v) is 5.63. The number of aromatic nitrogens is 2. The zero-order valence-electron chi connectivity index (χ0n) is 12.3. The van der Waals surface area contributed by atoms with Gasteiger partial charge in [-0.05, 0) is 48.4 Å². The van der Waals surface area contributed by atoms with Gasteiger partial charge in [-0.15, -0.1) is 0 Å². The van der Waals surface area contributed by atoms with Gasteiger partial charge in [-0.25, -0.2) is 0 Å². The molecule has 0 spiro atoms. The highest BCUT2D eigenvalue weighted by Crippen LogP contribution is 2.24. The number of hydrogen-bond donors (Lipinski definition) is 0. The van der Waals surface area contributed by atoms with E-state index in [-0.39, 0.29) is 5.91 Å². The van der Waals surface area contributed by atoms with Gasteiger partial charge < -0.3 is 4.90 Å². The standard InChI is InChI=1S/C18H15N3O/c1-12-6-8-20-16-5-4-13(9-15(12)16)18(22)21-10-14-3-2-7-19-17(14)11-21/h2-9H,10-11H2,1H3. The number of pyridine rings is 2. The van der Waals surface area contributed by atoms with Gasteiger partial charge in [-0.1, -0.05) is 6.07 Å². The molecule has 1 aliphatic heterocycles. The van der Waals surface area contributed by atoms with Gasteiger partial charge in [0.15, 0.2) is 0 Å². The number of hydrogen-bond acceptors (Lipinski definition) is 3. The van der Waals surface area contributed by atoms with Crippen LogP contribution in [0.25, 0.3) is 10.9 Å². The number of rotatable bonds is 1. The van der Waals surface area contributed by atoms with Crippen molar-refractivity contribution in [2.75, 3.05) is 0 Å². The van der Waals surface area contributed by atoms with E-state index in [4.69, 9.17) is 0 Å². The number of amides is 1. The Bertz CT molecular complexity index is 863. The second-order valence-electron chi connectivity index (χ2n) is 5.63. The lowest BCUT2D eigenvalue weighted by atomic mass is 10.1. The quantitative estimate of drug-likeness (QED) is 0.691. The Morgan fingerprint density at radius 1 is 1.09 bits per heavy atom. The smallest absolute Gasteiger partial charge is 0.254 e. The molecule has 108 valence electrons. The lowest BCUT2D eigenvalue weighted by Gasteiger charge is -2.15. The summed E-state index contributed by atoms with van der Waals surface area (Å²) in [5.74, 6) is 0.0446. The molecule has 1 amide bonds. The molecule has 1 aromatic carbocycles. The Hall–Kier alpha value is -2.75. The van der Waals surface area contributed by atoms with Gasteiger partial charge in [0.2, 0.25) is 0 Å². The van der Waals surface area contributed by atoms with Gasteiger partial charge >= 0.3 is 0 Å². The van der Waals surface area contributed by atoms with Gasteiger partial charge in [0.05, 0.1) is 17.8 Å². The fourth-order valence-electron chi connectivity index (χ4n) is 2.94. The summed E-state index contributed by atoms with van der Waals surface area (Å²) in [5.41, 5.74) is 4.88. The monoisotopic (exact) mass is 289 g/mol. The second kappa shape index (κ2) is 4.91. The minimum Gasteiger partial charge on any atom is -0.328 e. The van der Waals surface area contributed by atoms with E-state index in [1.807, 2.05) is 48.2 Å². The normalized spacial score (nSPS) is 13.4. The van der Waals surface area contributed by atoms with Gasteiger partial charge in [-0.2, -0.15) is 0 Å². The van der Waals surface area contributed by atoms with Crippen molar-refractivity contribution in [1.82, 2.24) is 14.9 Å². The summed E-state index contributed by atoms with van der Waals surface area (Å²) in [6.45, 7) is 3.25. The molecule has 0 N–H and O–H groups in total. The molecule has 0 atom stereocenters. The molecule has 3 aromatic rings. The highest BCUT2D eigenvalue weighted by Gasteiger charge is 2.25. The Morgan fingerprint density at radius 3 is 2.86 bits per heavy atom. The summed E-state index contributed by atoms with van der Waals surface area (Å²) in [5, 5.41) is 1.03. The first-order valence-corrected chi connectivity index (χ1v) is 7.30. The average Bonchev–Trinajstić information content (AvgIpc) is 2.98. The number of nitrogens with zero attached hydrogens (tertiary/aromatic N) is 3. The minimum absolute atomic E-state index is 0.0446. The maximum atomic E-state index is 12.7. The Morgan fingerprint density at radius 2 is 2.00 bits per heavy atom. The van der Waals surface area contributed by atoms with Crippen LogP contribution in [-0.4, -0.2) is 20.8 Å². The topological polar surface area (TPSA) is 46.1 Å². The van der Waals surface area contributed by atoms with Crippen molar-refractivity contribution < 1.29 is 4.79 Å². The van der Waals surface area contributed by atoms with Crippen LogP contribution in [0.1, 0.15) is 27.2 Å². The zero-order chi connectivity index (χ0) is 15.1. The number of benzene rings is 1. The van der Waals surface area contributed by atoms with Crippen LogP contribution in [0, 0.1) is 6.92 Å². The predicted octanol–water partition coefficient (Wildman–Crippen LogP) is 3.09. The van der Waals surface area contributed by atoms with E-state index < -0.39 is 0 Å². The molecule has 4 nitrogen and oxygen atoms in total. The first kappa shape index (κ1) is 13.0. The van der Waals surface area contributed by atoms with Crippen LogP contribution in [0.15, 0.2) is 48.8 Å². The molecular weight excluding hydrogens is 274 g/mol. The van der Waals surface area contributed by atoms with E-state index in [1.165, 1.54) is 0 Å². The summed E-state index contributed by atoms with van der Waals surface area (Å²) in [6, 6.07) is 11.6. The lowest BCUT2D eigenvalue weighted by molar-refractivity contribution is 0.0750. The van der Waals surface area contributed by atoms with Crippen molar-refractivity contribution in [3.8, 4) is 0 Å². The summed E-state index contributed by atoms with van der Waals surface area (Å²) in [7, 11) is 0. The van der Waals surface area contributed by atoms with Crippen LogP contribution in [0.2, 0.25) is 0 Å². The molecule has 4 rings (SSSR count). The van der Waals surface area contributed by atoms with Crippen molar-refractivity contribution in [3.63, 3.8) is 0 Å². The molecule has 0 bridgehead atoms. The van der Waals surface area contributed by atoms with Gasteiger partial charge in [-0.3, -0.25) is 14.8 Å². The van der Waals surface area contributed by atoms with E-state index in [0.29, 0.717) is 18.7 Å². The third-order valence-corrected chi connectivity index (χ3v) is 4.18. The van der Waals surface area contributed by atoms with E-state index in [2.05, 4.69) is 9.97 Å². The molecule has 22 heavy (non-hydrogen) atoms. The molecular formula is C18H15N3O. The Balaban J connectivity index is 1.68. The van der Waals surface area contributed by atoms with Crippen molar-refractivity contribution in [2.24, 2.45) is 0 Å². The molecule has 3 heterocycles. The fourth-order valence-corrected chi connectivity index (χ4v) is 2.94. The van der Waals surface area contributed by atoms with Gasteiger partial charge in [0, 0.05) is 29.9 Å². The van der Waals surface area contributed by atoms with Gasteiger partial charge in [0.1, 0.15) is 0 Å².